The highest BCUT2D eigenvalue weighted by molar-refractivity contribution is 4.45. The summed E-state index contributed by atoms with van der Waals surface area (Å²) >= 11 is 0. The van der Waals surface area contributed by atoms with Gasteiger partial charge in [0.2, 0.25) is 0 Å². The summed E-state index contributed by atoms with van der Waals surface area (Å²) in [5.41, 5.74) is 0. The Kier molecular flexibility index (Phi) is 13.8. The van der Waals surface area contributed by atoms with E-state index >= 15 is 0 Å². The van der Waals surface area contributed by atoms with Gasteiger partial charge in [-0.2, -0.15) is 0 Å². The predicted octanol–water partition coefficient (Wildman–Crippen LogP) is 3.76. The Labute approximate surface area is 107 Å². The van der Waals surface area contributed by atoms with Crippen molar-refractivity contribution in [3.8, 4) is 0 Å². The molecule has 0 spiro atoms. The van der Waals surface area contributed by atoms with Gasteiger partial charge in [0.15, 0.2) is 6.29 Å². The second-order valence-corrected chi connectivity index (χ2v) is 4.31. The normalized spacial score (nSPS) is 11.3. The molecule has 0 aliphatic rings. The Bertz CT molecular complexity index is 129. The monoisotopic (exact) mass is 246 g/mol. The standard InChI is InChI=1S/C14H30O3/c1-4-7-10-15-13-14(16-11-8-5-2)17-12-9-6-3/h14H,4-13H2,1-3H3. The van der Waals surface area contributed by atoms with Crippen molar-refractivity contribution in [2.24, 2.45) is 0 Å². The second-order valence-electron chi connectivity index (χ2n) is 4.31. The molecule has 0 heterocycles. The summed E-state index contributed by atoms with van der Waals surface area (Å²) in [7, 11) is 0. The third-order valence-electron chi connectivity index (χ3n) is 2.50. The molecule has 0 fully saturated rings. The third-order valence-corrected chi connectivity index (χ3v) is 2.50. The van der Waals surface area contributed by atoms with E-state index < -0.39 is 0 Å². The van der Waals surface area contributed by atoms with E-state index in [0.717, 1.165) is 58.3 Å². The lowest BCUT2D eigenvalue weighted by Gasteiger charge is -2.18. The van der Waals surface area contributed by atoms with Crippen LogP contribution in [0.1, 0.15) is 59.3 Å². The van der Waals surface area contributed by atoms with Crippen molar-refractivity contribution in [2.75, 3.05) is 26.4 Å². The molecule has 0 aromatic rings. The number of rotatable bonds is 13. The van der Waals surface area contributed by atoms with Gasteiger partial charge in [-0.3, -0.25) is 0 Å². The van der Waals surface area contributed by atoms with Crippen LogP contribution in [0, 0.1) is 0 Å². The van der Waals surface area contributed by atoms with Crippen LogP contribution in [0.3, 0.4) is 0 Å². The maximum absolute atomic E-state index is 5.66. The summed E-state index contributed by atoms with van der Waals surface area (Å²) in [6, 6.07) is 0. The molecular formula is C14H30O3. The molecule has 0 atom stereocenters. The summed E-state index contributed by atoms with van der Waals surface area (Å²) < 4.78 is 16.9. The minimum absolute atomic E-state index is 0.176. The Morgan fingerprint density at radius 3 is 1.65 bits per heavy atom. The highest BCUT2D eigenvalue weighted by atomic mass is 16.7. The smallest absolute Gasteiger partial charge is 0.180 e. The van der Waals surface area contributed by atoms with E-state index in [1.54, 1.807) is 0 Å². The van der Waals surface area contributed by atoms with Crippen LogP contribution in [0.15, 0.2) is 0 Å². The van der Waals surface area contributed by atoms with Crippen LogP contribution in [0.25, 0.3) is 0 Å². The molecule has 0 rings (SSSR count). The summed E-state index contributed by atoms with van der Waals surface area (Å²) in [4.78, 5) is 0. The average molecular weight is 246 g/mol. The summed E-state index contributed by atoms with van der Waals surface area (Å²) in [6.07, 6.45) is 6.57. The molecule has 0 bridgehead atoms. The Morgan fingerprint density at radius 1 is 0.706 bits per heavy atom. The fourth-order valence-corrected chi connectivity index (χ4v) is 1.29. The van der Waals surface area contributed by atoms with Gasteiger partial charge in [0, 0.05) is 19.8 Å². The summed E-state index contributed by atoms with van der Waals surface area (Å²) in [5, 5.41) is 0. The molecule has 0 aliphatic heterocycles. The maximum Gasteiger partial charge on any atom is 0.180 e. The minimum Gasteiger partial charge on any atom is -0.376 e. The van der Waals surface area contributed by atoms with Gasteiger partial charge in [0.1, 0.15) is 0 Å². The molecule has 0 aromatic heterocycles. The van der Waals surface area contributed by atoms with Gasteiger partial charge >= 0.3 is 0 Å². The van der Waals surface area contributed by atoms with Crippen molar-refractivity contribution >= 4 is 0 Å². The first-order valence-electron chi connectivity index (χ1n) is 7.16. The molecule has 17 heavy (non-hydrogen) atoms. The van der Waals surface area contributed by atoms with E-state index in [-0.39, 0.29) is 6.29 Å². The van der Waals surface area contributed by atoms with Gasteiger partial charge in [-0.1, -0.05) is 40.0 Å². The van der Waals surface area contributed by atoms with Crippen LogP contribution in [-0.4, -0.2) is 32.7 Å². The van der Waals surface area contributed by atoms with Crippen molar-refractivity contribution in [1.29, 1.82) is 0 Å². The zero-order valence-electron chi connectivity index (χ0n) is 11.9. The van der Waals surface area contributed by atoms with Crippen molar-refractivity contribution in [3.05, 3.63) is 0 Å². The van der Waals surface area contributed by atoms with Crippen LogP contribution >= 0.6 is 0 Å². The average Bonchev–Trinajstić information content (AvgIpc) is 2.34. The van der Waals surface area contributed by atoms with Crippen molar-refractivity contribution in [1.82, 2.24) is 0 Å². The lowest BCUT2D eigenvalue weighted by atomic mass is 10.3. The van der Waals surface area contributed by atoms with Gasteiger partial charge in [0.05, 0.1) is 6.61 Å². The summed E-state index contributed by atoms with van der Waals surface area (Å²) in [6.45, 7) is 9.39. The third kappa shape index (κ3) is 12.1. The first-order valence-corrected chi connectivity index (χ1v) is 7.16. The quantitative estimate of drug-likeness (QED) is 0.366. The molecule has 0 N–H and O–H groups in total. The molecule has 0 saturated carbocycles. The van der Waals surface area contributed by atoms with Crippen molar-refractivity contribution < 1.29 is 14.2 Å². The second kappa shape index (κ2) is 13.9. The number of hydrogen-bond donors (Lipinski definition) is 0. The zero-order valence-corrected chi connectivity index (χ0v) is 11.9. The molecule has 0 saturated heterocycles. The van der Waals surface area contributed by atoms with Crippen LogP contribution < -0.4 is 0 Å². The van der Waals surface area contributed by atoms with E-state index in [4.69, 9.17) is 14.2 Å². The van der Waals surface area contributed by atoms with Crippen LogP contribution in [0.4, 0.5) is 0 Å². The molecule has 3 heteroatoms. The van der Waals surface area contributed by atoms with Gasteiger partial charge in [-0.15, -0.1) is 0 Å². The molecule has 0 aliphatic carbocycles. The van der Waals surface area contributed by atoms with Gasteiger partial charge in [-0.25, -0.2) is 0 Å². The first-order chi connectivity index (χ1) is 8.35. The van der Waals surface area contributed by atoms with Crippen molar-refractivity contribution in [3.63, 3.8) is 0 Å². The molecule has 3 nitrogen and oxygen atoms in total. The molecule has 0 aromatic carbocycles. The first kappa shape index (κ1) is 16.9. The SMILES string of the molecule is CCCCOCC(OCCCC)OCCCC. The lowest BCUT2D eigenvalue weighted by molar-refractivity contribution is -0.173. The fraction of sp³-hybridized carbons (Fsp3) is 1.00. The predicted molar refractivity (Wildman–Crippen MR) is 71.2 cm³/mol. The number of hydrogen-bond acceptors (Lipinski definition) is 3. The fourth-order valence-electron chi connectivity index (χ4n) is 1.29. The Morgan fingerprint density at radius 2 is 1.18 bits per heavy atom. The van der Waals surface area contributed by atoms with E-state index in [1.165, 1.54) is 0 Å². The minimum atomic E-state index is -0.176. The Hall–Kier alpha value is -0.120. The van der Waals surface area contributed by atoms with Gasteiger partial charge in [-0.05, 0) is 19.3 Å². The zero-order chi connectivity index (χ0) is 12.8. The molecule has 0 amide bonds. The van der Waals surface area contributed by atoms with Gasteiger partial charge < -0.3 is 14.2 Å². The van der Waals surface area contributed by atoms with E-state index in [0.29, 0.717) is 6.61 Å². The topological polar surface area (TPSA) is 27.7 Å². The van der Waals surface area contributed by atoms with Gasteiger partial charge in [0.25, 0.3) is 0 Å². The Balaban J connectivity index is 3.60. The van der Waals surface area contributed by atoms with Crippen LogP contribution in [0.5, 0.6) is 0 Å². The largest absolute Gasteiger partial charge is 0.376 e. The molecule has 104 valence electrons. The number of unbranched alkanes of at least 4 members (excludes halogenated alkanes) is 3. The highest BCUT2D eigenvalue weighted by Crippen LogP contribution is 2.02. The molecule has 0 radical (unpaired) electrons. The van der Waals surface area contributed by atoms with Crippen molar-refractivity contribution in [2.45, 2.75) is 65.6 Å². The molecular weight excluding hydrogens is 216 g/mol. The lowest BCUT2D eigenvalue weighted by Crippen LogP contribution is -2.25. The van der Waals surface area contributed by atoms with E-state index in [9.17, 15) is 0 Å². The summed E-state index contributed by atoms with van der Waals surface area (Å²) in [5.74, 6) is 0. The maximum atomic E-state index is 5.66. The van der Waals surface area contributed by atoms with E-state index in [2.05, 4.69) is 20.8 Å². The van der Waals surface area contributed by atoms with Crippen LogP contribution in [-0.2, 0) is 14.2 Å². The highest BCUT2D eigenvalue weighted by Gasteiger charge is 2.09. The van der Waals surface area contributed by atoms with E-state index in [1.807, 2.05) is 0 Å². The number of ether oxygens (including phenoxy) is 3. The van der Waals surface area contributed by atoms with Crippen LogP contribution in [0.2, 0.25) is 0 Å². The molecule has 0 unspecified atom stereocenters.